The molecule has 0 unspecified atom stereocenters. The summed E-state index contributed by atoms with van der Waals surface area (Å²) in [6, 6.07) is 9.58. The molecule has 0 heterocycles. The van der Waals surface area contributed by atoms with Crippen molar-refractivity contribution in [3.8, 4) is 11.5 Å². The molecule has 0 saturated carbocycles. The van der Waals surface area contributed by atoms with Crippen molar-refractivity contribution in [1.29, 1.82) is 0 Å². The molecule has 2 aromatic carbocycles. The highest BCUT2D eigenvalue weighted by atomic mass is 16.5. The Morgan fingerprint density at radius 3 is 1.91 bits per heavy atom. The average Bonchev–Trinajstić information content (AvgIpc) is 2.35. The zero-order chi connectivity index (χ0) is 17.4. The van der Waals surface area contributed by atoms with Crippen LogP contribution >= 0.6 is 0 Å². The maximum absolute atomic E-state index is 11.9. The molecule has 0 radical (unpaired) electrons. The van der Waals surface area contributed by atoms with Gasteiger partial charge in [-0.1, -0.05) is 12.1 Å². The van der Waals surface area contributed by atoms with Gasteiger partial charge in [0.15, 0.2) is 5.78 Å². The summed E-state index contributed by atoms with van der Waals surface area (Å²) >= 11 is 0. The van der Waals surface area contributed by atoms with Gasteiger partial charge in [-0.2, -0.15) is 0 Å². The maximum atomic E-state index is 11.9. The minimum Gasteiger partial charge on any atom is -0.488 e. The number of carbonyl (C=O) groups excluding carboxylic acids is 1. The highest BCUT2D eigenvalue weighted by Crippen LogP contribution is 2.36. The third-order valence-electron chi connectivity index (χ3n) is 3.16. The fourth-order valence-electron chi connectivity index (χ4n) is 2.36. The predicted molar refractivity (Wildman–Crippen MR) is 94.7 cm³/mol. The van der Waals surface area contributed by atoms with Crippen LogP contribution in [0.3, 0.4) is 0 Å². The fourth-order valence-corrected chi connectivity index (χ4v) is 2.36. The van der Waals surface area contributed by atoms with Gasteiger partial charge in [-0.15, -0.1) is 0 Å². The third-order valence-corrected chi connectivity index (χ3v) is 3.16. The van der Waals surface area contributed by atoms with E-state index in [-0.39, 0.29) is 17.0 Å². The van der Waals surface area contributed by atoms with E-state index in [4.69, 9.17) is 9.47 Å². The van der Waals surface area contributed by atoms with Gasteiger partial charge in [-0.3, -0.25) is 4.79 Å². The van der Waals surface area contributed by atoms with Crippen molar-refractivity contribution in [2.45, 2.75) is 59.7 Å². The lowest BCUT2D eigenvalue weighted by molar-refractivity contribution is 0.101. The number of ether oxygens (including phenoxy) is 2. The van der Waals surface area contributed by atoms with Gasteiger partial charge in [0.25, 0.3) is 0 Å². The van der Waals surface area contributed by atoms with E-state index in [0.29, 0.717) is 11.3 Å². The summed E-state index contributed by atoms with van der Waals surface area (Å²) in [5.41, 5.74) is -0.0314. The zero-order valence-electron chi connectivity index (χ0n) is 15.1. The molecule has 0 amide bonds. The molecule has 0 atom stereocenters. The summed E-state index contributed by atoms with van der Waals surface area (Å²) in [5, 5.41) is 1.85. The molecule has 0 bridgehead atoms. The Balaban J connectivity index is 2.71. The van der Waals surface area contributed by atoms with Crippen molar-refractivity contribution in [3.63, 3.8) is 0 Å². The Hall–Kier alpha value is -2.03. The van der Waals surface area contributed by atoms with E-state index < -0.39 is 0 Å². The van der Waals surface area contributed by atoms with Crippen LogP contribution in [0.2, 0.25) is 0 Å². The smallest absolute Gasteiger partial charge is 0.159 e. The Morgan fingerprint density at radius 1 is 0.826 bits per heavy atom. The molecule has 0 spiro atoms. The second-order valence-electron chi connectivity index (χ2n) is 7.81. The van der Waals surface area contributed by atoms with Gasteiger partial charge in [0.1, 0.15) is 22.7 Å². The van der Waals surface area contributed by atoms with Gasteiger partial charge in [-0.25, -0.2) is 0 Å². The summed E-state index contributed by atoms with van der Waals surface area (Å²) in [6.07, 6.45) is 0. The van der Waals surface area contributed by atoms with Gasteiger partial charge >= 0.3 is 0 Å². The van der Waals surface area contributed by atoms with E-state index in [9.17, 15) is 4.79 Å². The van der Waals surface area contributed by atoms with E-state index in [1.165, 1.54) is 0 Å². The largest absolute Gasteiger partial charge is 0.488 e. The molecule has 0 aromatic heterocycles. The minimum atomic E-state index is -0.344. The number of fused-ring (bicyclic) bond motifs is 1. The van der Waals surface area contributed by atoms with Crippen LogP contribution in [0.1, 0.15) is 58.8 Å². The van der Waals surface area contributed by atoms with Crippen LogP contribution in [0, 0.1) is 0 Å². The van der Waals surface area contributed by atoms with Crippen molar-refractivity contribution in [2.75, 3.05) is 0 Å². The highest BCUT2D eigenvalue weighted by Gasteiger charge is 2.19. The van der Waals surface area contributed by atoms with Gasteiger partial charge in [0, 0.05) is 16.3 Å². The van der Waals surface area contributed by atoms with Crippen LogP contribution < -0.4 is 9.47 Å². The first kappa shape index (κ1) is 17.3. The lowest BCUT2D eigenvalue weighted by Crippen LogP contribution is -2.24. The van der Waals surface area contributed by atoms with Gasteiger partial charge < -0.3 is 9.47 Å². The number of carbonyl (C=O) groups is 1. The van der Waals surface area contributed by atoms with Gasteiger partial charge in [-0.05, 0) is 66.7 Å². The third kappa shape index (κ3) is 4.47. The van der Waals surface area contributed by atoms with Crippen LogP contribution in [0.15, 0.2) is 30.3 Å². The number of hydrogen-bond acceptors (Lipinski definition) is 3. The number of hydrogen-bond donors (Lipinski definition) is 0. The number of Topliss-reactive ketones (excluding diaryl/α,β-unsaturated/α-hetero) is 1. The maximum Gasteiger partial charge on any atom is 0.159 e. The van der Waals surface area contributed by atoms with Crippen LogP contribution in [0.4, 0.5) is 0 Å². The van der Waals surface area contributed by atoms with Crippen LogP contribution in [-0.4, -0.2) is 17.0 Å². The quantitative estimate of drug-likeness (QED) is 0.712. The van der Waals surface area contributed by atoms with Crippen molar-refractivity contribution in [2.24, 2.45) is 0 Å². The van der Waals surface area contributed by atoms with Crippen molar-refractivity contribution in [3.05, 3.63) is 35.9 Å². The SMILES string of the molecule is CC(=O)c1cc(OC(C)(C)C)c2cccc(OC(C)(C)C)c2c1. The Labute approximate surface area is 138 Å². The molecule has 3 heteroatoms. The molecule has 2 aromatic rings. The number of benzene rings is 2. The van der Waals surface area contributed by atoms with E-state index >= 15 is 0 Å². The lowest BCUT2D eigenvalue weighted by atomic mass is 10.0. The number of rotatable bonds is 3. The number of ketones is 1. The van der Waals surface area contributed by atoms with E-state index in [0.717, 1.165) is 16.5 Å². The average molecular weight is 314 g/mol. The zero-order valence-corrected chi connectivity index (χ0v) is 15.1. The Morgan fingerprint density at radius 2 is 1.39 bits per heavy atom. The van der Waals surface area contributed by atoms with Crippen LogP contribution in [-0.2, 0) is 0 Å². The van der Waals surface area contributed by atoms with Crippen molar-refractivity contribution in [1.82, 2.24) is 0 Å². The molecule has 0 N–H and O–H groups in total. The predicted octanol–water partition coefficient (Wildman–Crippen LogP) is 5.40. The first-order valence-electron chi connectivity index (χ1n) is 7.92. The molecule has 0 saturated heterocycles. The monoisotopic (exact) mass is 314 g/mol. The van der Waals surface area contributed by atoms with Crippen LogP contribution in [0.25, 0.3) is 10.8 Å². The molecular formula is C20H26O3. The Kier molecular flexibility index (Phi) is 4.43. The molecule has 2 rings (SSSR count). The highest BCUT2D eigenvalue weighted by molar-refractivity contribution is 6.02. The summed E-state index contributed by atoms with van der Waals surface area (Å²) < 4.78 is 12.2. The Bertz CT molecular complexity index is 731. The standard InChI is InChI=1S/C20H26O3/c1-13(21)14-11-16-15(18(12-14)23-20(5,6)7)9-8-10-17(16)22-19(2,3)4/h8-12H,1-7H3. The first-order valence-corrected chi connectivity index (χ1v) is 7.92. The first-order chi connectivity index (χ1) is 10.5. The molecule has 3 nitrogen and oxygen atoms in total. The summed E-state index contributed by atoms with van der Waals surface area (Å²) in [4.78, 5) is 11.9. The molecule has 0 fully saturated rings. The second-order valence-corrected chi connectivity index (χ2v) is 7.81. The molecular weight excluding hydrogens is 288 g/mol. The van der Waals surface area contributed by atoms with E-state index in [2.05, 4.69) is 0 Å². The fraction of sp³-hybridized carbons (Fsp3) is 0.450. The topological polar surface area (TPSA) is 35.5 Å². The van der Waals surface area contributed by atoms with Gasteiger partial charge in [0.2, 0.25) is 0 Å². The lowest BCUT2D eigenvalue weighted by Gasteiger charge is -2.25. The minimum absolute atomic E-state index is 0.0104. The second kappa shape index (κ2) is 5.88. The molecule has 0 aliphatic rings. The van der Waals surface area contributed by atoms with E-state index in [1.807, 2.05) is 71.9 Å². The van der Waals surface area contributed by atoms with Crippen LogP contribution in [0.5, 0.6) is 11.5 Å². The normalized spacial score (nSPS) is 12.3. The molecule has 0 aliphatic heterocycles. The molecule has 23 heavy (non-hydrogen) atoms. The van der Waals surface area contributed by atoms with Gasteiger partial charge in [0.05, 0.1) is 0 Å². The summed E-state index contributed by atoms with van der Waals surface area (Å²) in [6.45, 7) is 13.6. The van der Waals surface area contributed by atoms with Crippen molar-refractivity contribution < 1.29 is 14.3 Å². The van der Waals surface area contributed by atoms with Crippen molar-refractivity contribution >= 4 is 16.6 Å². The molecule has 124 valence electrons. The van der Waals surface area contributed by atoms with E-state index in [1.54, 1.807) is 6.92 Å². The summed E-state index contributed by atoms with van der Waals surface area (Å²) in [7, 11) is 0. The molecule has 0 aliphatic carbocycles. The summed E-state index contributed by atoms with van der Waals surface area (Å²) in [5.74, 6) is 1.48.